The average Bonchev–Trinajstić information content (AvgIpc) is 3.18. The first kappa shape index (κ1) is 24.3. The van der Waals surface area contributed by atoms with Gasteiger partial charge in [-0.05, 0) is 61.1 Å². The Balaban J connectivity index is 1.41. The fraction of sp³-hybridized carbons (Fsp3) is 0.385. The lowest BCUT2D eigenvalue weighted by Crippen LogP contribution is -2.08. The summed E-state index contributed by atoms with van der Waals surface area (Å²) in [6.07, 6.45) is 11.0. The lowest BCUT2D eigenvalue weighted by atomic mass is 9.94. The largest absolute Gasteiger partial charge is 0.494 e. The number of hydrogen-bond acceptors (Lipinski definition) is 4. The number of benzene rings is 2. The monoisotopic (exact) mass is 471 g/mol. The Bertz CT molecular complexity index is 1050. The Morgan fingerprint density at radius 1 is 1.22 bits per heavy atom. The highest BCUT2D eigenvalue weighted by Gasteiger charge is 2.09. The molecule has 170 valence electrons. The molecule has 3 aromatic rings. The number of rotatable bonds is 13. The van der Waals surface area contributed by atoms with E-state index in [9.17, 15) is 4.79 Å². The van der Waals surface area contributed by atoms with Crippen LogP contribution in [0.4, 0.5) is 0 Å². The van der Waals surface area contributed by atoms with Crippen molar-refractivity contribution in [3.05, 3.63) is 64.1 Å². The van der Waals surface area contributed by atoms with Gasteiger partial charge in [-0.2, -0.15) is 0 Å². The standard InChI is InChI=1S/C26H30ClNO3S/c1-2-8-19(15-16-31-21-11-6-10-20(17-21)18-25(29)30)9-4-3-5-14-24-28-23-13-7-12-22(27)26(23)32-24/h5-7,10-14,17,19H,2-4,8-9,15-16,18H2,1H3,(H,29,30)/b14-5+. The summed E-state index contributed by atoms with van der Waals surface area (Å²) < 4.78 is 6.95. The summed E-state index contributed by atoms with van der Waals surface area (Å²) in [6.45, 7) is 2.88. The van der Waals surface area contributed by atoms with Gasteiger partial charge in [-0.1, -0.05) is 62.1 Å². The van der Waals surface area contributed by atoms with Gasteiger partial charge in [0.15, 0.2) is 0 Å². The summed E-state index contributed by atoms with van der Waals surface area (Å²) in [5, 5.41) is 10.7. The van der Waals surface area contributed by atoms with Crippen LogP contribution < -0.4 is 4.74 Å². The molecule has 0 aliphatic carbocycles. The topological polar surface area (TPSA) is 59.4 Å². The second-order valence-corrected chi connectivity index (χ2v) is 9.42. The molecule has 3 rings (SSSR count). The fourth-order valence-electron chi connectivity index (χ4n) is 3.82. The van der Waals surface area contributed by atoms with Crippen molar-refractivity contribution in [3.63, 3.8) is 0 Å². The van der Waals surface area contributed by atoms with E-state index in [-0.39, 0.29) is 6.42 Å². The number of unbranched alkanes of at least 4 members (excludes halogenated alkanes) is 1. The number of nitrogens with zero attached hydrogens (tertiary/aromatic N) is 1. The molecule has 1 atom stereocenters. The molecule has 1 aromatic heterocycles. The molecule has 0 bridgehead atoms. The number of carboxylic acids is 1. The number of carboxylic acid groups (broad SMARTS) is 1. The van der Waals surface area contributed by atoms with E-state index in [1.807, 2.05) is 42.5 Å². The summed E-state index contributed by atoms with van der Waals surface area (Å²) >= 11 is 7.87. The van der Waals surface area contributed by atoms with E-state index in [1.165, 1.54) is 19.3 Å². The minimum atomic E-state index is -0.828. The number of ether oxygens (including phenoxy) is 1. The van der Waals surface area contributed by atoms with Gasteiger partial charge >= 0.3 is 5.97 Å². The van der Waals surface area contributed by atoms with E-state index in [1.54, 1.807) is 11.3 Å². The van der Waals surface area contributed by atoms with Gasteiger partial charge in [-0.3, -0.25) is 4.79 Å². The molecule has 0 fully saturated rings. The van der Waals surface area contributed by atoms with Crippen LogP contribution in [0.2, 0.25) is 5.02 Å². The smallest absolute Gasteiger partial charge is 0.307 e. The first-order chi connectivity index (χ1) is 15.5. The molecule has 0 aliphatic rings. The third-order valence-corrected chi connectivity index (χ3v) is 6.87. The highest BCUT2D eigenvalue weighted by molar-refractivity contribution is 7.20. The van der Waals surface area contributed by atoms with E-state index in [0.717, 1.165) is 50.8 Å². The maximum absolute atomic E-state index is 10.9. The van der Waals surface area contributed by atoms with E-state index in [0.29, 0.717) is 12.5 Å². The molecule has 1 heterocycles. The molecule has 0 aliphatic heterocycles. The third kappa shape index (κ3) is 7.64. The van der Waals surface area contributed by atoms with Crippen LogP contribution >= 0.6 is 22.9 Å². The van der Waals surface area contributed by atoms with Crippen LogP contribution in [-0.4, -0.2) is 22.7 Å². The Labute approximate surface area is 198 Å². The van der Waals surface area contributed by atoms with Crippen LogP contribution in [0.25, 0.3) is 16.3 Å². The van der Waals surface area contributed by atoms with Gasteiger partial charge in [0.05, 0.1) is 28.3 Å². The predicted octanol–water partition coefficient (Wildman–Crippen LogP) is 7.65. The van der Waals surface area contributed by atoms with Crippen molar-refractivity contribution < 1.29 is 14.6 Å². The van der Waals surface area contributed by atoms with Crippen molar-refractivity contribution in [2.45, 2.75) is 51.9 Å². The van der Waals surface area contributed by atoms with Gasteiger partial charge in [0.2, 0.25) is 0 Å². The van der Waals surface area contributed by atoms with E-state index in [4.69, 9.17) is 21.4 Å². The summed E-state index contributed by atoms with van der Waals surface area (Å²) in [5.74, 6) is 0.556. The highest BCUT2D eigenvalue weighted by atomic mass is 35.5. The number of carbonyl (C=O) groups is 1. The van der Waals surface area contributed by atoms with Crippen LogP contribution in [-0.2, 0) is 11.2 Å². The Kier molecular flexibility index (Phi) is 9.57. The van der Waals surface area contributed by atoms with Gasteiger partial charge in [0.1, 0.15) is 10.8 Å². The van der Waals surface area contributed by atoms with Crippen molar-refractivity contribution in [2.75, 3.05) is 6.61 Å². The third-order valence-electron chi connectivity index (χ3n) is 5.37. The predicted molar refractivity (Wildman–Crippen MR) is 134 cm³/mol. The molecule has 2 aromatic carbocycles. The SMILES string of the molecule is CCCC(CCC/C=C/c1nc2cccc(Cl)c2s1)CCOc1cccc(CC(=O)O)c1. The minimum Gasteiger partial charge on any atom is -0.494 e. The molecule has 32 heavy (non-hydrogen) atoms. The molecule has 6 heteroatoms. The molecule has 0 saturated heterocycles. The van der Waals surface area contributed by atoms with E-state index < -0.39 is 5.97 Å². The van der Waals surface area contributed by atoms with Gasteiger partial charge < -0.3 is 9.84 Å². The first-order valence-corrected chi connectivity index (χ1v) is 12.4. The highest BCUT2D eigenvalue weighted by Crippen LogP contribution is 2.30. The van der Waals surface area contributed by atoms with Crippen molar-refractivity contribution in [1.29, 1.82) is 0 Å². The zero-order valence-corrected chi connectivity index (χ0v) is 20.0. The van der Waals surface area contributed by atoms with Crippen LogP contribution in [0.3, 0.4) is 0 Å². The number of hydrogen-bond donors (Lipinski definition) is 1. The fourth-order valence-corrected chi connectivity index (χ4v) is 5.00. The Hall–Kier alpha value is -2.37. The lowest BCUT2D eigenvalue weighted by molar-refractivity contribution is -0.136. The number of allylic oxidation sites excluding steroid dienone is 1. The van der Waals surface area contributed by atoms with Gasteiger partial charge in [0.25, 0.3) is 0 Å². The number of aliphatic carboxylic acids is 1. The van der Waals surface area contributed by atoms with Crippen molar-refractivity contribution in [2.24, 2.45) is 5.92 Å². The van der Waals surface area contributed by atoms with Crippen molar-refractivity contribution in [1.82, 2.24) is 4.98 Å². The summed E-state index contributed by atoms with van der Waals surface area (Å²) in [5.41, 5.74) is 1.72. The van der Waals surface area contributed by atoms with Crippen LogP contribution in [0.5, 0.6) is 5.75 Å². The molecule has 0 spiro atoms. The van der Waals surface area contributed by atoms with Gasteiger partial charge in [-0.25, -0.2) is 4.98 Å². The quantitative estimate of drug-likeness (QED) is 0.260. The normalized spacial score (nSPS) is 12.4. The van der Waals surface area contributed by atoms with E-state index >= 15 is 0 Å². The maximum Gasteiger partial charge on any atom is 0.307 e. The molecule has 0 radical (unpaired) electrons. The van der Waals surface area contributed by atoms with Crippen LogP contribution in [0.1, 0.15) is 56.0 Å². The van der Waals surface area contributed by atoms with Gasteiger partial charge in [-0.15, -0.1) is 11.3 Å². The average molecular weight is 472 g/mol. The van der Waals surface area contributed by atoms with Crippen molar-refractivity contribution in [3.8, 4) is 5.75 Å². The second-order valence-electron chi connectivity index (χ2n) is 7.98. The zero-order chi connectivity index (χ0) is 22.8. The first-order valence-electron chi connectivity index (χ1n) is 11.2. The van der Waals surface area contributed by atoms with Crippen LogP contribution in [0, 0.1) is 5.92 Å². The Morgan fingerprint density at radius 2 is 2.06 bits per heavy atom. The molecule has 1 N–H and O–H groups in total. The summed E-state index contributed by atoms with van der Waals surface area (Å²) in [7, 11) is 0. The van der Waals surface area contributed by atoms with Gasteiger partial charge in [0, 0.05) is 0 Å². The van der Waals surface area contributed by atoms with E-state index in [2.05, 4.69) is 24.1 Å². The van der Waals surface area contributed by atoms with Crippen LogP contribution in [0.15, 0.2) is 48.5 Å². The minimum absolute atomic E-state index is 0.0211. The second kappa shape index (κ2) is 12.6. The number of thiazole rings is 1. The molecule has 0 saturated carbocycles. The lowest BCUT2D eigenvalue weighted by Gasteiger charge is -2.16. The summed E-state index contributed by atoms with van der Waals surface area (Å²) in [4.78, 5) is 15.5. The molecule has 4 nitrogen and oxygen atoms in total. The number of aromatic nitrogens is 1. The molecule has 1 unspecified atom stereocenters. The number of halogens is 1. The zero-order valence-electron chi connectivity index (χ0n) is 18.4. The number of fused-ring (bicyclic) bond motifs is 1. The molecule has 0 amide bonds. The Morgan fingerprint density at radius 3 is 2.84 bits per heavy atom. The summed E-state index contributed by atoms with van der Waals surface area (Å²) in [6, 6.07) is 13.2. The maximum atomic E-state index is 10.9. The molecular formula is C26H30ClNO3S. The van der Waals surface area contributed by atoms with Crippen molar-refractivity contribution >= 4 is 45.2 Å². The molecular weight excluding hydrogens is 442 g/mol.